The second kappa shape index (κ2) is 2.84. The predicted molar refractivity (Wildman–Crippen MR) is 60.3 cm³/mol. The molecule has 1 N–H and O–H groups in total. The molecule has 1 heterocycles. The first kappa shape index (κ1) is 8.96. The normalized spacial score (nSPS) is 21.0. The van der Waals surface area contributed by atoms with Crippen LogP contribution < -0.4 is 5.32 Å². The summed E-state index contributed by atoms with van der Waals surface area (Å²) in [7, 11) is 0. The molecule has 0 radical (unpaired) electrons. The SMILES string of the molecule is CCc1cccc2c1NCC1(CC1)C2=O. The van der Waals surface area contributed by atoms with Crippen LogP contribution in [-0.4, -0.2) is 12.3 Å². The zero-order chi connectivity index (χ0) is 10.5. The average Bonchev–Trinajstić information content (AvgIpc) is 3.04. The molecule has 78 valence electrons. The van der Waals surface area contributed by atoms with Crippen molar-refractivity contribution in [2.24, 2.45) is 5.41 Å². The third-order valence-electron chi connectivity index (χ3n) is 3.72. The van der Waals surface area contributed by atoms with Gasteiger partial charge in [0, 0.05) is 17.8 Å². The number of hydrogen-bond acceptors (Lipinski definition) is 2. The van der Waals surface area contributed by atoms with E-state index >= 15 is 0 Å². The molecule has 2 heteroatoms. The second-order valence-electron chi connectivity index (χ2n) is 4.66. The summed E-state index contributed by atoms with van der Waals surface area (Å²) >= 11 is 0. The van der Waals surface area contributed by atoms with Crippen molar-refractivity contribution in [1.82, 2.24) is 0 Å². The molecular weight excluding hydrogens is 186 g/mol. The molecule has 1 saturated carbocycles. The average molecular weight is 201 g/mol. The highest BCUT2D eigenvalue weighted by Gasteiger charge is 2.52. The number of para-hydroxylation sites is 1. The van der Waals surface area contributed by atoms with E-state index in [0.717, 1.165) is 37.1 Å². The van der Waals surface area contributed by atoms with Crippen LogP contribution in [0.3, 0.4) is 0 Å². The number of carbonyl (C=O) groups is 1. The lowest BCUT2D eigenvalue weighted by Gasteiger charge is -2.26. The van der Waals surface area contributed by atoms with Gasteiger partial charge in [0.15, 0.2) is 5.78 Å². The highest BCUT2D eigenvalue weighted by atomic mass is 16.1. The number of Topliss-reactive ketones (excluding diaryl/α,β-unsaturated/α-hetero) is 1. The Labute approximate surface area is 89.7 Å². The molecule has 2 nitrogen and oxygen atoms in total. The predicted octanol–water partition coefficient (Wildman–Crippen LogP) is 2.64. The van der Waals surface area contributed by atoms with Crippen molar-refractivity contribution < 1.29 is 4.79 Å². The molecular formula is C13H15NO. The third kappa shape index (κ3) is 1.14. The summed E-state index contributed by atoms with van der Waals surface area (Å²) in [5.41, 5.74) is 3.23. The Balaban J connectivity index is 2.12. The molecule has 0 unspecified atom stereocenters. The maximum Gasteiger partial charge on any atom is 0.172 e. The Morgan fingerprint density at radius 3 is 2.87 bits per heavy atom. The van der Waals surface area contributed by atoms with E-state index in [9.17, 15) is 4.79 Å². The van der Waals surface area contributed by atoms with Crippen molar-refractivity contribution >= 4 is 11.5 Å². The molecule has 1 aromatic rings. The van der Waals surface area contributed by atoms with E-state index in [1.165, 1.54) is 5.56 Å². The number of rotatable bonds is 1. The fourth-order valence-corrected chi connectivity index (χ4v) is 2.47. The Morgan fingerprint density at radius 1 is 1.40 bits per heavy atom. The van der Waals surface area contributed by atoms with E-state index in [-0.39, 0.29) is 5.41 Å². The largest absolute Gasteiger partial charge is 0.383 e. The fraction of sp³-hybridized carbons (Fsp3) is 0.462. The first-order chi connectivity index (χ1) is 7.27. The lowest BCUT2D eigenvalue weighted by molar-refractivity contribution is 0.0903. The monoisotopic (exact) mass is 201 g/mol. The van der Waals surface area contributed by atoms with E-state index in [4.69, 9.17) is 0 Å². The van der Waals surface area contributed by atoms with Crippen LogP contribution in [0.15, 0.2) is 18.2 Å². The van der Waals surface area contributed by atoms with Gasteiger partial charge in [0.2, 0.25) is 0 Å². The minimum Gasteiger partial charge on any atom is -0.383 e. The summed E-state index contributed by atoms with van der Waals surface area (Å²) in [6, 6.07) is 6.06. The number of ketones is 1. The number of benzene rings is 1. The van der Waals surface area contributed by atoms with E-state index in [1.807, 2.05) is 12.1 Å². The van der Waals surface area contributed by atoms with Gasteiger partial charge in [-0.15, -0.1) is 0 Å². The highest BCUT2D eigenvalue weighted by Crippen LogP contribution is 2.51. The number of nitrogens with one attached hydrogen (secondary N) is 1. The minimum atomic E-state index is -0.0284. The highest BCUT2D eigenvalue weighted by molar-refractivity contribution is 6.08. The zero-order valence-electron chi connectivity index (χ0n) is 8.97. The molecule has 0 atom stereocenters. The standard InChI is InChI=1S/C13H15NO/c1-2-9-4-3-5-10-11(9)14-8-13(6-7-13)12(10)15/h3-5,14H,2,6-8H2,1H3. The second-order valence-corrected chi connectivity index (χ2v) is 4.66. The van der Waals surface area contributed by atoms with Gasteiger partial charge in [-0.1, -0.05) is 19.1 Å². The Bertz CT molecular complexity index is 432. The molecule has 1 spiro atoms. The Kier molecular flexibility index (Phi) is 1.70. The summed E-state index contributed by atoms with van der Waals surface area (Å²) < 4.78 is 0. The fourth-order valence-electron chi connectivity index (χ4n) is 2.47. The van der Waals surface area contributed by atoms with Crippen LogP contribution in [0.25, 0.3) is 0 Å². The van der Waals surface area contributed by atoms with Gasteiger partial charge in [-0.05, 0) is 30.9 Å². The van der Waals surface area contributed by atoms with E-state index in [0.29, 0.717) is 5.78 Å². The maximum atomic E-state index is 12.2. The first-order valence-electron chi connectivity index (χ1n) is 5.67. The number of carbonyl (C=O) groups excluding carboxylic acids is 1. The molecule has 3 rings (SSSR count). The van der Waals surface area contributed by atoms with Gasteiger partial charge in [0.25, 0.3) is 0 Å². The summed E-state index contributed by atoms with van der Waals surface area (Å²) in [4.78, 5) is 12.2. The molecule has 0 amide bonds. The van der Waals surface area contributed by atoms with Crippen LogP contribution in [0.1, 0.15) is 35.7 Å². The van der Waals surface area contributed by atoms with Gasteiger partial charge in [-0.3, -0.25) is 4.79 Å². The Hall–Kier alpha value is -1.31. The van der Waals surface area contributed by atoms with Crippen LogP contribution in [0.2, 0.25) is 0 Å². The van der Waals surface area contributed by atoms with Crippen molar-refractivity contribution in [2.75, 3.05) is 11.9 Å². The molecule has 0 bridgehead atoms. The molecule has 1 aromatic carbocycles. The lowest BCUT2D eigenvalue weighted by Crippen LogP contribution is -2.31. The minimum absolute atomic E-state index is 0.0284. The number of fused-ring (bicyclic) bond motifs is 1. The van der Waals surface area contributed by atoms with Crippen molar-refractivity contribution in [2.45, 2.75) is 26.2 Å². The molecule has 0 aromatic heterocycles. The van der Waals surface area contributed by atoms with Crippen LogP contribution in [0.5, 0.6) is 0 Å². The van der Waals surface area contributed by atoms with Gasteiger partial charge in [-0.25, -0.2) is 0 Å². The molecule has 1 aliphatic heterocycles. The van der Waals surface area contributed by atoms with E-state index < -0.39 is 0 Å². The van der Waals surface area contributed by atoms with Gasteiger partial charge in [0.05, 0.1) is 5.41 Å². The first-order valence-corrected chi connectivity index (χ1v) is 5.67. The summed E-state index contributed by atoms with van der Waals surface area (Å²) in [6.45, 7) is 2.97. The lowest BCUT2D eigenvalue weighted by atomic mass is 9.88. The van der Waals surface area contributed by atoms with Crippen molar-refractivity contribution in [3.63, 3.8) is 0 Å². The molecule has 2 aliphatic rings. The summed E-state index contributed by atoms with van der Waals surface area (Å²) in [5.74, 6) is 0.367. The van der Waals surface area contributed by atoms with E-state index in [1.54, 1.807) is 0 Å². The van der Waals surface area contributed by atoms with Gasteiger partial charge in [-0.2, -0.15) is 0 Å². The molecule has 15 heavy (non-hydrogen) atoms. The quantitative estimate of drug-likeness (QED) is 0.756. The van der Waals surface area contributed by atoms with Crippen LogP contribution in [0.4, 0.5) is 5.69 Å². The Morgan fingerprint density at radius 2 is 2.20 bits per heavy atom. The molecule has 0 saturated heterocycles. The van der Waals surface area contributed by atoms with Crippen molar-refractivity contribution in [1.29, 1.82) is 0 Å². The van der Waals surface area contributed by atoms with Crippen molar-refractivity contribution in [3.8, 4) is 0 Å². The van der Waals surface area contributed by atoms with Crippen LogP contribution in [0, 0.1) is 5.41 Å². The van der Waals surface area contributed by atoms with Gasteiger partial charge >= 0.3 is 0 Å². The van der Waals surface area contributed by atoms with E-state index in [2.05, 4.69) is 18.3 Å². The topological polar surface area (TPSA) is 29.1 Å². The van der Waals surface area contributed by atoms with Crippen LogP contribution >= 0.6 is 0 Å². The zero-order valence-corrected chi connectivity index (χ0v) is 8.97. The molecule has 1 aliphatic carbocycles. The summed E-state index contributed by atoms with van der Waals surface area (Å²) in [6.07, 6.45) is 3.11. The molecule has 1 fully saturated rings. The number of aryl methyl sites for hydroxylation is 1. The van der Waals surface area contributed by atoms with Crippen LogP contribution in [-0.2, 0) is 6.42 Å². The van der Waals surface area contributed by atoms with Crippen molar-refractivity contribution in [3.05, 3.63) is 29.3 Å². The maximum absolute atomic E-state index is 12.2. The smallest absolute Gasteiger partial charge is 0.172 e. The number of hydrogen-bond donors (Lipinski definition) is 1. The number of anilines is 1. The van der Waals surface area contributed by atoms with Gasteiger partial charge in [0.1, 0.15) is 0 Å². The summed E-state index contributed by atoms with van der Waals surface area (Å²) in [5, 5.41) is 3.44. The van der Waals surface area contributed by atoms with Gasteiger partial charge < -0.3 is 5.32 Å². The third-order valence-corrected chi connectivity index (χ3v) is 3.72.